The van der Waals surface area contributed by atoms with Crippen molar-refractivity contribution in [2.24, 2.45) is 11.7 Å². The molecule has 6 nitrogen and oxygen atoms in total. The second kappa shape index (κ2) is 8.20. The summed E-state index contributed by atoms with van der Waals surface area (Å²) in [6.07, 6.45) is 3.63. The van der Waals surface area contributed by atoms with Crippen molar-refractivity contribution >= 4 is 11.8 Å². The van der Waals surface area contributed by atoms with Crippen LogP contribution in [0.2, 0.25) is 0 Å². The van der Waals surface area contributed by atoms with Crippen molar-refractivity contribution < 1.29 is 9.59 Å². The second-order valence-corrected chi connectivity index (χ2v) is 4.32. The quantitative estimate of drug-likeness (QED) is 0.635. The van der Waals surface area contributed by atoms with Gasteiger partial charge in [-0.1, -0.05) is 13.0 Å². The van der Waals surface area contributed by atoms with Crippen LogP contribution in [0.5, 0.6) is 0 Å². The zero-order valence-corrected chi connectivity index (χ0v) is 11.1. The van der Waals surface area contributed by atoms with Crippen LogP contribution in [0.4, 0.5) is 0 Å². The van der Waals surface area contributed by atoms with Crippen LogP contribution in [0.15, 0.2) is 24.5 Å². The van der Waals surface area contributed by atoms with Crippen LogP contribution in [0.3, 0.4) is 0 Å². The van der Waals surface area contributed by atoms with Crippen molar-refractivity contribution in [3.63, 3.8) is 0 Å². The van der Waals surface area contributed by atoms with Crippen molar-refractivity contribution in [2.45, 2.75) is 19.9 Å². The smallest absolute Gasteiger partial charge is 0.224 e. The Morgan fingerprint density at radius 3 is 2.84 bits per heavy atom. The first-order valence-corrected chi connectivity index (χ1v) is 6.27. The molecule has 2 amide bonds. The zero-order chi connectivity index (χ0) is 14.1. The first kappa shape index (κ1) is 15.1. The molecule has 0 aliphatic rings. The molecule has 0 saturated heterocycles. The summed E-state index contributed by atoms with van der Waals surface area (Å²) in [5.41, 5.74) is 6.31. The van der Waals surface area contributed by atoms with E-state index in [1.165, 1.54) is 0 Å². The molecule has 1 aromatic heterocycles. The van der Waals surface area contributed by atoms with Crippen molar-refractivity contribution in [3.8, 4) is 0 Å². The van der Waals surface area contributed by atoms with E-state index < -0.39 is 0 Å². The maximum Gasteiger partial charge on any atom is 0.224 e. The monoisotopic (exact) mass is 264 g/mol. The molecule has 1 rings (SSSR count). The average molecular weight is 264 g/mol. The van der Waals surface area contributed by atoms with Gasteiger partial charge in [-0.15, -0.1) is 0 Å². The summed E-state index contributed by atoms with van der Waals surface area (Å²) < 4.78 is 0. The van der Waals surface area contributed by atoms with Crippen LogP contribution < -0.4 is 16.4 Å². The van der Waals surface area contributed by atoms with Gasteiger partial charge in [0, 0.05) is 44.4 Å². The van der Waals surface area contributed by atoms with E-state index in [0.29, 0.717) is 19.6 Å². The Balaban J connectivity index is 2.17. The predicted molar refractivity (Wildman–Crippen MR) is 71.9 cm³/mol. The first-order chi connectivity index (χ1) is 9.13. The lowest BCUT2D eigenvalue weighted by Gasteiger charge is -2.10. The van der Waals surface area contributed by atoms with Gasteiger partial charge in [0.1, 0.15) is 0 Å². The first-order valence-electron chi connectivity index (χ1n) is 6.27. The van der Waals surface area contributed by atoms with Gasteiger partial charge in [0.05, 0.1) is 0 Å². The number of nitrogens with two attached hydrogens (primary N) is 1. The van der Waals surface area contributed by atoms with E-state index in [1.54, 1.807) is 19.3 Å². The molecule has 104 valence electrons. The van der Waals surface area contributed by atoms with Gasteiger partial charge in [-0.05, 0) is 11.6 Å². The lowest BCUT2D eigenvalue weighted by Crippen LogP contribution is -2.35. The van der Waals surface area contributed by atoms with E-state index in [2.05, 4.69) is 15.6 Å². The van der Waals surface area contributed by atoms with Gasteiger partial charge in [0.15, 0.2) is 0 Å². The summed E-state index contributed by atoms with van der Waals surface area (Å²) in [6.45, 7) is 2.82. The molecule has 1 atom stereocenters. The van der Waals surface area contributed by atoms with E-state index in [0.717, 1.165) is 5.56 Å². The largest absolute Gasteiger partial charge is 0.355 e. The number of aromatic nitrogens is 1. The van der Waals surface area contributed by atoms with Crippen LogP contribution >= 0.6 is 0 Å². The lowest BCUT2D eigenvalue weighted by atomic mass is 10.1. The molecule has 0 aliphatic carbocycles. The molecular weight excluding hydrogens is 244 g/mol. The summed E-state index contributed by atoms with van der Waals surface area (Å²) in [6, 6.07) is 3.70. The lowest BCUT2D eigenvalue weighted by molar-refractivity contribution is -0.124. The van der Waals surface area contributed by atoms with Crippen LogP contribution in [-0.2, 0) is 16.1 Å². The second-order valence-electron chi connectivity index (χ2n) is 4.32. The van der Waals surface area contributed by atoms with Crippen molar-refractivity contribution in [3.05, 3.63) is 30.1 Å². The molecule has 1 unspecified atom stereocenters. The summed E-state index contributed by atoms with van der Waals surface area (Å²) in [7, 11) is 0. The number of pyridine rings is 1. The summed E-state index contributed by atoms with van der Waals surface area (Å²) >= 11 is 0. The third-order valence-corrected chi connectivity index (χ3v) is 2.66. The number of carbonyl (C=O) groups excluding carboxylic acids is 2. The SMILES string of the molecule is CC(CN)C(=O)NCCC(=O)NCc1cccnc1. The average Bonchev–Trinajstić information content (AvgIpc) is 2.45. The molecule has 0 radical (unpaired) electrons. The van der Waals surface area contributed by atoms with Crippen molar-refractivity contribution in [1.29, 1.82) is 0 Å². The Morgan fingerprint density at radius 1 is 1.42 bits per heavy atom. The van der Waals surface area contributed by atoms with Gasteiger partial charge in [-0.3, -0.25) is 14.6 Å². The fourth-order valence-corrected chi connectivity index (χ4v) is 1.37. The third kappa shape index (κ3) is 5.96. The summed E-state index contributed by atoms with van der Waals surface area (Å²) in [5, 5.41) is 5.43. The maximum absolute atomic E-state index is 11.5. The number of rotatable bonds is 7. The molecule has 4 N–H and O–H groups in total. The number of hydrogen-bond donors (Lipinski definition) is 3. The van der Waals surface area contributed by atoms with Gasteiger partial charge in [0.25, 0.3) is 0 Å². The van der Waals surface area contributed by atoms with Crippen molar-refractivity contribution in [2.75, 3.05) is 13.1 Å². The fourth-order valence-electron chi connectivity index (χ4n) is 1.37. The van der Waals surface area contributed by atoms with Gasteiger partial charge < -0.3 is 16.4 Å². The Labute approximate surface area is 112 Å². The topological polar surface area (TPSA) is 97.1 Å². The molecule has 0 spiro atoms. The molecular formula is C13H20N4O2. The Kier molecular flexibility index (Phi) is 6.52. The third-order valence-electron chi connectivity index (χ3n) is 2.66. The van der Waals surface area contributed by atoms with Gasteiger partial charge in [-0.2, -0.15) is 0 Å². The highest BCUT2D eigenvalue weighted by molar-refractivity contribution is 5.80. The van der Waals surface area contributed by atoms with E-state index in [1.807, 2.05) is 12.1 Å². The fraction of sp³-hybridized carbons (Fsp3) is 0.462. The van der Waals surface area contributed by atoms with E-state index in [9.17, 15) is 9.59 Å². The van der Waals surface area contributed by atoms with Crippen LogP contribution in [-0.4, -0.2) is 29.9 Å². The van der Waals surface area contributed by atoms with E-state index in [-0.39, 0.29) is 24.2 Å². The highest BCUT2D eigenvalue weighted by Gasteiger charge is 2.10. The van der Waals surface area contributed by atoms with Gasteiger partial charge >= 0.3 is 0 Å². The normalized spacial score (nSPS) is 11.7. The Morgan fingerprint density at radius 2 is 2.21 bits per heavy atom. The highest BCUT2D eigenvalue weighted by atomic mass is 16.2. The van der Waals surface area contributed by atoms with Gasteiger partial charge in [-0.25, -0.2) is 0 Å². The minimum Gasteiger partial charge on any atom is -0.355 e. The molecule has 6 heteroatoms. The van der Waals surface area contributed by atoms with Gasteiger partial charge in [0.2, 0.25) is 11.8 Å². The van der Waals surface area contributed by atoms with Crippen LogP contribution in [0.1, 0.15) is 18.9 Å². The summed E-state index contributed by atoms with van der Waals surface area (Å²) in [4.78, 5) is 26.9. The van der Waals surface area contributed by atoms with Crippen LogP contribution in [0, 0.1) is 5.92 Å². The molecule has 0 aliphatic heterocycles. The molecule has 0 fully saturated rings. The molecule has 0 saturated carbocycles. The molecule has 0 bridgehead atoms. The minimum atomic E-state index is -0.224. The highest BCUT2D eigenvalue weighted by Crippen LogP contribution is 1.95. The number of hydrogen-bond acceptors (Lipinski definition) is 4. The van der Waals surface area contributed by atoms with Crippen molar-refractivity contribution in [1.82, 2.24) is 15.6 Å². The van der Waals surface area contributed by atoms with Crippen LogP contribution in [0.25, 0.3) is 0 Å². The predicted octanol–water partition coefficient (Wildman–Crippen LogP) is -0.201. The minimum absolute atomic E-state index is 0.107. The number of nitrogens with one attached hydrogen (secondary N) is 2. The molecule has 19 heavy (non-hydrogen) atoms. The summed E-state index contributed by atoms with van der Waals surface area (Å²) in [5.74, 6) is -0.453. The number of carbonyl (C=O) groups is 2. The van der Waals surface area contributed by atoms with E-state index >= 15 is 0 Å². The standard InChI is InChI=1S/C13H20N4O2/c1-10(7-14)13(19)16-6-4-12(18)17-9-11-3-2-5-15-8-11/h2-3,5,8,10H,4,6-7,9,14H2,1H3,(H,16,19)(H,17,18). The Hall–Kier alpha value is -1.95. The molecule has 1 aromatic rings. The molecule has 0 aromatic carbocycles. The Bertz CT molecular complexity index is 408. The number of nitrogens with zero attached hydrogens (tertiary/aromatic N) is 1. The molecule has 1 heterocycles. The number of amides is 2. The zero-order valence-electron chi connectivity index (χ0n) is 11.1. The van der Waals surface area contributed by atoms with E-state index in [4.69, 9.17) is 5.73 Å². The maximum atomic E-state index is 11.5.